The standard InChI is InChI=1S/C10H14O/c1-5-8-9(11-8)6-7-10(2,3)4/h5,8-9H,1H2,2-4H3/t8-,9+/m1/s1. The quantitative estimate of drug-likeness (QED) is 0.316. The van der Waals surface area contributed by atoms with Crippen molar-refractivity contribution >= 4 is 0 Å². The lowest BCUT2D eigenvalue weighted by molar-refractivity contribution is 0.417. The molecule has 1 heterocycles. The van der Waals surface area contributed by atoms with Crippen molar-refractivity contribution in [2.24, 2.45) is 5.41 Å². The molecule has 0 spiro atoms. The molecule has 0 bridgehead atoms. The van der Waals surface area contributed by atoms with Crippen LogP contribution in [0.2, 0.25) is 0 Å². The zero-order valence-corrected chi connectivity index (χ0v) is 7.35. The second-order valence-corrected chi connectivity index (χ2v) is 3.78. The van der Waals surface area contributed by atoms with E-state index in [1.807, 2.05) is 0 Å². The van der Waals surface area contributed by atoms with E-state index in [9.17, 15) is 0 Å². The van der Waals surface area contributed by atoms with E-state index in [0.29, 0.717) is 0 Å². The molecule has 1 fully saturated rings. The first-order valence-electron chi connectivity index (χ1n) is 3.83. The van der Waals surface area contributed by atoms with Gasteiger partial charge < -0.3 is 4.74 Å². The molecule has 0 aromatic rings. The number of hydrogen-bond acceptors (Lipinski definition) is 1. The van der Waals surface area contributed by atoms with Gasteiger partial charge in [-0.1, -0.05) is 17.9 Å². The largest absolute Gasteiger partial charge is 0.351 e. The summed E-state index contributed by atoms with van der Waals surface area (Å²) >= 11 is 0. The number of ether oxygens (including phenoxy) is 1. The zero-order chi connectivity index (χ0) is 8.48. The van der Waals surface area contributed by atoms with Crippen LogP contribution in [-0.2, 0) is 4.74 Å². The van der Waals surface area contributed by atoms with Crippen molar-refractivity contribution in [3.05, 3.63) is 12.7 Å². The molecule has 1 aliphatic rings. The Balaban J connectivity index is 2.42. The van der Waals surface area contributed by atoms with Crippen LogP contribution in [0.1, 0.15) is 20.8 Å². The third-order valence-corrected chi connectivity index (χ3v) is 1.35. The second kappa shape index (κ2) is 2.71. The molecule has 0 unspecified atom stereocenters. The molecule has 0 aromatic heterocycles. The summed E-state index contributed by atoms with van der Waals surface area (Å²) < 4.78 is 5.17. The van der Waals surface area contributed by atoms with Crippen LogP contribution in [0, 0.1) is 17.3 Å². The van der Waals surface area contributed by atoms with E-state index in [-0.39, 0.29) is 17.6 Å². The molecule has 0 aromatic carbocycles. The summed E-state index contributed by atoms with van der Waals surface area (Å²) in [7, 11) is 0. The van der Waals surface area contributed by atoms with Gasteiger partial charge in [0.15, 0.2) is 0 Å². The Labute approximate surface area is 68.4 Å². The van der Waals surface area contributed by atoms with Crippen LogP contribution in [0.3, 0.4) is 0 Å². The highest BCUT2D eigenvalue weighted by molar-refractivity contribution is 5.20. The highest BCUT2D eigenvalue weighted by atomic mass is 16.6. The Hall–Kier alpha value is -0.740. The van der Waals surface area contributed by atoms with Gasteiger partial charge in [0.25, 0.3) is 0 Å². The maximum absolute atomic E-state index is 5.17. The summed E-state index contributed by atoms with van der Waals surface area (Å²) in [6, 6.07) is 0. The van der Waals surface area contributed by atoms with E-state index in [1.54, 1.807) is 6.08 Å². The molecule has 11 heavy (non-hydrogen) atoms. The third kappa shape index (κ3) is 2.78. The fraction of sp³-hybridized carbons (Fsp3) is 0.600. The van der Waals surface area contributed by atoms with Gasteiger partial charge in [-0.15, -0.1) is 6.58 Å². The Kier molecular flexibility index (Phi) is 2.06. The lowest BCUT2D eigenvalue weighted by Gasteiger charge is -2.06. The van der Waals surface area contributed by atoms with Crippen molar-refractivity contribution in [3.63, 3.8) is 0 Å². The van der Waals surface area contributed by atoms with Crippen molar-refractivity contribution in [2.45, 2.75) is 33.0 Å². The molecule has 0 aliphatic carbocycles. The summed E-state index contributed by atoms with van der Waals surface area (Å²) in [4.78, 5) is 0. The molecule has 1 saturated heterocycles. The maximum atomic E-state index is 5.17. The van der Waals surface area contributed by atoms with Crippen LogP contribution < -0.4 is 0 Å². The molecule has 2 atom stereocenters. The van der Waals surface area contributed by atoms with Gasteiger partial charge >= 0.3 is 0 Å². The van der Waals surface area contributed by atoms with E-state index in [2.05, 4.69) is 39.2 Å². The Morgan fingerprint density at radius 1 is 1.45 bits per heavy atom. The summed E-state index contributed by atoms with van der Waals surface area (Å²) in [5.74, 6) is 6.18. The van der Waals surface area contributed by atoms with Gasteiger partial charge in [-0.3, -0.25) is 0 Å². The van der Waals surface area contributed by atoms with Gasteiger partial charge in [0.2, 0.25) is 0 Å². The predicted octanol–water partition coefficient (Wildman–Crippen LogP) is 1.99. The molecule has 0 N–H and O–H groups in total. The van der Waals surface area contributed by atoms with E-state index < -0.39 is 0 Å². The molecule has 60 valence electrons. The minimum Gasteiger partial charge on any atom is -0.351 e. The van der Waals surface area contributed by atoms with Gasteiger partial charge in [-0.25, -0.2) is 0 Å². The zero-order valence-electron chi connectivity index (χ0n) is 7.35. The van der Waals surface area contributed by atoms with Gasteiger partial charge in [0, 0.05) is 5.41 Å². The van der Waals surface area contributed by atoms with E-state index >= 15 is 0 Å². The van der Waals surface area contributed by atoms with Crippen LogP contribution in [0.5, 0.6) is 0 Å². The van der Waals surface area contributed by atoms with Gasteiger partial charge in [-0.05, 0) is 20.8 Å². The minimum atomic E-state index is 0.0810. The average molecular weight is 150 g/mol. The van der Waals surface area contributed by atoms with E-state index in [1.165, 1.54) is 0 Å². The van der Waals surface area contributed by atoms with Crippen LogP contribution in [0.4, 0.5) is 0 Å². The summed E-state index contributed by atoms with van der Waals surface area (Å²) in [5, 5.41) is 0. The van der Waals surface area contributed by atoms with Gasteiger partial charge in [0.1, 0.15) is 12.2 Å². The lowest BCUT2D eigenvalue weighted by atomic mass is 9.98. The fourth-order valence-corrected chi connectivity index (χ4v) is 0.707. The maximum Gasteiger partial charge on any atom is 0.148 e. The molecule has 1 nitrogen and oxygen atoms in total. The van der Waals surface area contributed by atoms with Crippen LogP contribution in [0.15, 0.2) is 12.7 Å². The van der Waals surface area contributed by atoms with E-state index in [0.717, 1.165) is 0 Å². The highest BCUT2D eigenvalue weighted by Gasteiger charge is 2.34. The molecule has 0 radical (unpaired) electrons. The average Bonchev–Trinajstić information content (AvgIpc) is 2.60. The normalized spacial score (nSPS) is 28.6. The molecule has 1 aliphatic heterocycles. The van der Waals surface area contributed by atoms with E-state index in [4.69, 9.17) is 4.74 Å². The topological polar surface area (TPSA) is 12.5 Å². The number of rotatable bonds is 1. The van der Waals surface area contributed by atoms with Crippen LogP contribution in [0.25, 0.3) is 0 Å². The molecular weight excluding hydrogens is 136 g/mol. The summed E-state index contributed by atoms with van der Waals surface area (Å²) in [6.07, 6.45) is 2.10. The Morgan fingerprint density at radius 3 is 2.45 bits per heavy atom. The highest BCUT2D eigenvalue weighted by Crippen LogP contribution is 2.22. The Bertz CT molecular complexity index is 211. The van der Waals surface area contributed by atoms with Crippen LogP contribution >= 0.6 is 0 Å². The third-order valence-electron chi connectivity index (χ3n) is 1.35. The molecule has 1 rings (SSSR count). The number of hydrogen-bond donors (Lipinski definition) is 0. The molecule has 1 heteroatoms. The summed E-state index contributed by atoms with van der Waals surface area (Å²) in [5.41, 5.74) is 0.0810. The van der Waals surface area contributed by atoms with Gasteiger partial charge in [0.05, 0.1) is 0 Å². The molecule has 0 saturated carbocycles. The summed E-state index contributed by atoms with van der Waals surface area (Å²) in [6.45, 7) is 9.89. The smallest absolute Gasteiger partial charge is 0.148 e. The lowest BCUT2D eigenvalue weighted by Crippen LogP contribution is -2.00. The van der Waals surface area contributed by atoms with Crippen molar-refractivity contribution in [1.82, 2.24) is 0 Å². The second-order valence-electron chi connectivity index (χ2n) is 3.78. The first-order valence-corrected chi connectivity index (χ1v) is 3.83. The molecular formula is C10H14O. The molecule has 0 amide bonds. The monoisotopic (exact) mass is 150 g/mol. The number of epoxide rings is 1. The first-order chi connectivity index (χ1) is 5.03. The first kappa shape index (κ1) is 8.36. The Morgan fingerprint density at radius 2 is 2.09 bits per heavy atom. The predicted molar refractivity (Wildman–Crippen MR) is 46.1 cm³/mol. The van der Waals surface area contributed by atoms with Crippen molar-refractivity contribution in [3.8, 4) is 11.8 Å². The minimum absolute atomic E-state index is 0.0810. The SMILES string of the molecule is C=C[C@H]1O[C@H]1C#CC(C)(C)C. The van der Waals surface area contributed by atoms with Crippen molar-refractivity contribution in [2.75, 3.05) is 0 Å². The van der Waals surface area contributed by atoms with Crippen molar-refractivity contribution in [1.29, 1.82) is 0 Å². The van der Waals surface area contributed by atoms with Crippen molar-refractivity contribution < 1.29 is 4.74 Å². The van der Waals surface area contributed by atoms with Gasteiger partial charge in [-0.2, -0.15) is 0 Å². The fourth-order valence-electron chi connectivity index (χ4n) is 0.707. The van der Waals surface area contributed by atoms with Crippen LogP contribution in [-0.4, -0.2) is 12.2 Å².